The van der Waals surface area contributed by atoms with E-state index in [2.05, 4.69) is 20.5 Å². The minimum Gasteiger partial charge on any atom is -0.404 e. The summed E-state index contributed by atoms with van der Waals surface area (Å²) < 4.78 is 15.5. The molecule has 4 atom stereocenters. The number of fused-ring (bicyclic) bond motifs is 1. The van der Waals surface area contributed by atoms with Crippen LogP contribution in [-0.2, 0) is 35.1 Å². The molecule has 0 saturated carbocycles. The Balaban J connectivity index is 1.38. The summed E-state index contributed by atoms with van der Waals surface area (Å²) in [5.74, 6) is -2.56. The zero-order chi connectivity index (χ0) is 33.3. The molecular formula is C31H38N5O9P. The van der Waals surface area contributed by atoms with E-state index in [4.69, 9.17) is 15.5 Å². The number of hydrogen-bond acceptors (Lipinski definition) is 7. The smallest absolute Gasteiger partial charge is 0.404 e. The number of carbonyl (C=O) groups excluding carboxylic acids is 5. The highest BCUT2D eigenvalue weighted by Gasteiger charge is 2.45. The van der Waals surface area contributed by atoms with Crippen molar-refractivity contribution in [1.29, 1.82) is 0 Å². The van der Waals surface area contributed by atoms with Crippen molar-refractivity contribution in [3.63, 3.8) is 0 Å². The largest absolute Gasteiger partial charge is 0.524 e. The minimum atomic E-state index is -4.69. The average molecular weight is 656 g/mol. The first kappa shape index (κ1) is 34.4. The van der Waals surface area contributed by atoms with Gasteiger partial charge >= 0.3 is 7.82 Å². The molecule has 15 heteroatoms. The Bertz CT molecular complexity index is 1500. The van der Waals surface area contributed by atoms with Gasteiger partial charge in [0.15, 0.2) is 0 Å². The monoisotopic (exact) mass is 655 g/mol. The number of benzene rings is 2. The summed E-state index contributed by atoms with van der Waals surface area (Å²) in [6.45, 7) is 0.227. The third kappa shape index (κ3) is 9.99. The first-order valence-corrected chi connectivity index (χ1v) is 16.5. The van der Waals surface area contributed by atoms with Crippen LogP contribution in [0.3, 0.4) is 0 Å². The van der Waals surface area contributed by atoms with Gasteiger partial charge in [-0.25, -0.2) is 4.57 Å². The van der Waals surface area contributed by atoms with Crippen LogP contribution in [0.5, 0.6) is 5.75 Å². The van der Waals surface area contributed by atoms with E-state index >= 15 is 0 Å². The normalized spacial score (nSPS) is 20.3. The second-order valence-corrected chi connectivity index (χ2v) is 12.4. The van der Waals surface area contributed by atoms with E-state index in [1.165, 1.54) is 41.3 Å². The molecule has 2 aromatic rings. The molecule has 2 fully saturated rings. The van der Waals surface area contributed by atoms with Crippen LogP contribution in [0.1, 0.15) is 56.1 Å². The summed E-state index contributed by atoms with van der Waals surface area (Å²) in [5, 5.41) is 8.24. The molecule has 2 aliphatic rings. The van der Waals surface area contributed by atoms with Crippen molar-refractivity contribution in [3.05, 3.63) is 71.8 Å². The van der Waals surface area contributed by atoms with Crippen molar-refractivity contribution in [2.75, 3.05) is 0 Å². The van der Waals surface area contributed by atoms with E-state index in [9.17, 15) is 28.5 Å². The number of phosphoric acid groups is 1. The van der Waals surface area contributed by atoms with Crippen LogP contribution in [0.4, 0.5) is 0 Å². The lowest BCUT2D eigenvalue weighted by molar-refractivity contribution is -0.143. The summed E-state index contributed by atoms with van der Waals surface area (Å²) >= 11 is 0. The SMILES string of the molecule is NC(=O)CC[C@H](NC(=O)[C@@H]1CCC2CCC[C@H](NC(=O)/C=C/c3ccc(OP(=O)(O)O)cc3)C(=O)N21)C(=O)NCc1ccccc1. The van der Waals surface area contributed by atoms with E-state index in [0.717, 1.165) is 5.56 Å². The van der Waals surface area contributed by atoms with Gasteiger partial charge in [0.2, 0.25) is 29.5 Å². The van der Waals surface area contributed by atoms with Gasteiger partial charge in [-0.3, -0.25) is 33.8 Å². The van der Waals surface area contributed by atoms with Gasteiger partial charge in [0.05, 0.1) is 0 Å². The fraction of sp³-hybridized carbons (Fsp3) is 0.387. The van der Waals surface area contributed by atoms with Crippen LogP contribution in [-0.4, -0.2) is 68.4 Å². The van der Waals surface area contributed by atoms with Crippen LogP contribution >= 0.6 is 7.82 Å². The molecule has 0 aromatic heterocycles. The maximum absolute atomic E-state index is 13.7. The fourth-order valence-electron chi connectivity index (χ4n) is 5.65. The number of nitrogens with two attached hydrogens (primary N) is 1. The van der Waals surface area contributed by atoms with Crippen LogP contribution < -0.4 is 26.2 Å². The lowest BCUT2D eigenvalue weighted by Crippen LogP contribution is -2.57. The van der Waals surface area contributed by atoms with Gasteiger partial charge in [-0.1, -0.05) is 42.5 Å². The van der Waals surface area contributed by atoms with E-state index in [-0.39, 0.29) is 37.1 Å². The van der Waals surface area contributed by atoms with Gasteiger partial charge in [-0.05, 0) is 67.9 Å². The van der Waals surface area contributed by atoms with Crippen LogP contribution in [0.15, 0.2) is 60.7 Å². The molecule has 46 heavy (non-hydrogen) atoms. The Morgan fingerprint density at radius 2 is 1.74 bits per heavy atom. The quantitative estimate of drug-likeness (QED) is 0.135. The second-order valence-electron chi connectivity index (χ2n) is 11.2. The van der Waals surface area contributed by atoms with Crippen molar-refractivity contribution in [1.82, 2.24) is 20.9 Å². The lowest BCUT2D eigenvalue weighted by Gasteiger charge is -2.31. The number of nitrogens with one attached hydrogen (secondary N) is 3. The van der Waals surface area contributed by atoms with Gasteiger partial charge in [-0.2, -0.15) is 0 Å². The zero-order valence-electron chi connectivity index (χ0n) is 25.0. The first-order chi connectivity index (χ1) is 21.9. The summed E-state index contributed by atoms with van der Waals surface area (Å²) in [5.41, 5.74) is 6.72. The molecule has 2 heterocycles. The van der Waals surface area contributed by atoms with Crippen LogP contribution in [0, 0.1) is 0 Å². The van der Waals surface area contributed by atoms with Gasteiger partial charge in [0.1, 0.15) is 23.9 Å². The zero-order valence-corrected chi connectivity index (χ0v) is 25.9. The number of amides is 5. The standard InChI is InChI=1S/C31H38N5O9P/c32-27(37)17-15-24(29(39)33-19-21-5-2-1-3-6-21)35-30(40)26-16-12-22-7-4-8-25(31(41)36(22)26)34-28(38)18-11-20-9-13-23(14-10-20)45-46(42,43)44/h1-3,5-6,9-11,13-14,18,22,24-26H,4,7-8,12,15-17,19H2,(H2,32,37)(H,33,39)(H,34,38)(H,35,40)(H2,42,43,44)/b18-11+/t22?,24-,25-,26-/m0/s1. The Labute approximate surface area is 266 Å². The molecule has 0 spiro atoms. The molecule has 5 amide bonds. The number of hydrogen-bond donors (Lipinski definition) is 6. The van der Waals surface area contributed by atoms with E-state index < -0.39 is 49.6 Å². The maximum Gasteiger partial charge on any atom is 0.524 e. The molecule has 14 nitrogen and oxygen atoms in total. The molecule has 2 saturated heterocycles. The third-order valence-corrected chi connectivity index (χ3v) is 8.31. The summed E-state index contributed by atoms with van der Waals surface area (Å²) in [7, 11) is -4.69. The topological polar surface area (TPSA) is 217 Å². The molecule has 2 aliphatic heterocycles. The first-order valence-electron chi connectivity index (χ1n) is 15.0. The maximum atomic E-state index is 13.7. The van der Waals surface area contributed by atoms with Crippen molar-refractivity contribution in [2.24, 2.45) is 5.73 Å². The molecule has 2 aromatic carbocycles. The summed E-state index contributed by atoms with van der Waals surface area (Å²) in [6.07, 6.45) is 5.27. The molecule has 0 radical (unpaired) electrons. The Morgan fingerprint density at radius 3 is 2.41 bits per heavy atom. The second kappa shape index (κ2) is 15.7. The highest BCUT2D eigenvalue weighted by molar-refractivity contribution is 7.46. The van der Waals surface area contributed by atoms with Gasteiger partial charge < -0.3 is 31.1 Å². The highest BCUT2D eigenvalue weighted by Crippen LogP contribution is 2.37. The van der Waals surface area contributed by atoms with Gasteiger partial charge in [0.25, 0.3) is 0 Å². The lowest BCUT2D eigenvalue weighted by atomic mass is 10.1. The Morgan fingerprint density at radius 1 is 1.02 bits per heavy atom. The molecule has 246 valence electrons. The number of primary amides is 1. The van der Waals surface area contributed by atoms with Crippen LogP contribution in [0.25, 0.3) is 6.08 Å². The predicted octanol–water partition coefficient (Wildman–Crippen LogP) is 1.27. The van der Waals surface area contributed by atoms with Crippen molar-refractivity contribution in [3.8, 4) is 5.75 Å². The van der Waals surface area contributed by atoms with Gasteiger partial charge in [0, 0.05) is 25.1 Å². The molecule has 7 N–H and O–H groups in total. The van der Waals surface area contributed by atoms with Crippen molar-refractivity contribution >= 4 is 43.4 Å². The number of nitrogens with zero attached hydrogens (tertiary/aromatic N) is 1. The molecular weight excluding hydrogens is 617 g/mol. The van der Waals surface area contributed by atoms with Gasteiger partial charge in [-0.15, -0.1) is 0 Å². The van der Waals surface area contributed by atoms with E-state index in [1.54, 1.807) is 0 Å². The van der Waals surface area contributed by atoms with Crippen LogP contribution in [0.2, 0.25) is 0 Å². The Hall–Kier alpha value is -4.52. The minimum absolute atomic E-state index is 0.00374. The predicted molar refractivity (Wildman–Crippen MR) is 166 cm³/mol. The molecule has 4 rings (SSSR count). The number of phosphoric ester groups is 1. The van der Waals surface area contributed by atoms with Crippen molar-refractivity contribution < 1.29 is 42.8 Å². The number of carbonyl (C=O) groups is 5. The van der Waals surface area contributed by atoms with E-state index in [1.807, 2.05) is 30.3 Å². The highest BCUT2D eigenvalue weighted by atomic mass is 31.2. The average Bonchev–Trinajstić information content (AvgIpc) is 3.38. The fourth-order valence-corrected chi connectivity index (χ4v) is 6.05. The molecule has 0 aliphatic carbocycles. The molecule has 1 unspecified atom stereocenters. The van der Waals surface area contributed by atoms with Crippen molar-refractivity contribution in [2.45, 2.75) is 75.7 Å². The third-order valence-electron chi connectivity index (χ3n) is 7.86. The summed E-state index contributed by atoms with van der Waals surface area (Å²) in [6, 6.07) is 12.0. The Kier molecular flexibility index (Phi) is 11.7. The van der Waals surface area contributed by atoms with E-state index in [0.29, 0.717) is 37.7 Å². The summed E-state index contributed by atoms with van der Waals surface area (Å²) in [4.78, 5) is 83.8. The number of rotatable bonds is 13. The molecule has 0 bridgehead atoms.